The molecular weight excluding hydrogens is 426 g/mol. The number of carbonyl (C=O) groups excluding carboxylic acids is 3. The van der Waals surface area contributed by atoms with Crippen LogP contribution in [0.1, 0.15) is 12.5 Å². The molecule has 0 aliphatic carbocycles. The normalized spacial score (nSPS) is 11.8. The number of amides is 3. The predicted molar refractivity (Wildman–Crippen MR) is 112 cm³/mol. The topological polar surface area (TPSA) is 145 Å². The van der Waals surface area contributed by atoms with Gasteiger partial charge < -0.3 is 15.2 Å². The van der Waals surface area contributed by atoms with E-state index in [4.69, 9.17) is 15.2 Å². The minimum absolute atomic E-state index is 0.165. The molecule has 0 unspecified atom stereocenters. The summed E-state index contributed by atoms with van der Waals surface area (Å²) in [4.78, 5) is 34.0. The number of sulfonamides is 1. The Balaban J connectivity index is 1.95. The smallest absolute Gasteiger partial charge is 0.344 e. The van der Waals surface area contributed by atoms with E-state index in [9.17, 15) is 22.8 Å². The summed E-state index contributed by atoms with van der Waals surface area (Å²) in [5, 5.41) is 1.79. The number of aryl methyl sites for hydroxylation is 1. The molecule has 0 aliphatic rings. The lowest BCUT2D eigenvalue weighted by molar-refractivity contribution is -0.156. The molecule has 0 fully saturated rings. The number of esters is 1. The van der Waals surface area contributed by atoms with Crippen molar-refractivity contribution in [1.29, 1.82) is 0 Å². The summed E-state index contributed by atoms with van der Waals surface area (Å²) >= 11 is 0. The standard InChI is InChI=1S/C20H23N3O7S/c1-13-4-10-17(11-5-13)31(27,28)23(3)15-6-8-16(9-7-15)29-12-18(24)30-14(2)19(25)22-20(21)26/h4-11,14H,12H2,1-3H3,(H3,21,22,25,26)/t14-/m0/s1. The highest BCUT2D eigenvalue weighted by atomic mass is 32.2. The second kappa shape index (κ2) is 9.94. The van der Waals surface area contributed by atoms with Crippen LogP contribution in [0.3, 0.4) is 0 Å². The number of ether oxygens (including phenoxy) is 2. The quantitative estimate of drug-likeness (QED) is 0.578. The number of imide groups is 1. The molecule has 0 radical (unpaired) electrons. The fraction of sp³-hybridized carbons (Fsp3) is 0.250. The summed E-state index contributed by atoms with van der Waals surface area (Å²) in [7, 11) is -2.30. The summed E-state index contributed by atoms with van der Waals surface area (Å²) < 4.78 is 36.7. The lowest BCUT2D eigenvalue weighted by atomic mass is 10.2. The molecule has 0 aromatic heterocycles. The summed E-state index contributed by atoms with van der Waals surface area (Å²) in [6, 6.07) is 11.5. The summed E-state index contributed by atoms with van der Waals surface area (Å²) in [5.74, 6) is -1.41. The van der Waals surface area contributed by atoms with Gasteiger partial charge in [-0.1, -0.05) is 17.7 Å². The van der Waals surface area contributed by atoms with Gasteiger partial charge in [0.2, 0.25) is 0 Å². The maximum absolute atomic E-state index is 12.7. The Labute approximate surface area is 180 Å². The number of hydrogen-bond donors (Lipinski definition) is 2. The number of nitrogens with two attached hydrogens (primary N) is 1. The van der Waals surface area contributed by atoms with E-state index in [1.807, 2.05) is 6.92 Å². The fourth-order valence-corrected chi connectivity index (χ4v) is 3.60. The van der Waals surface area contributed by atoms with Crippen LogP contribution < -0.4 is 20.1 Å². The van der Waals surface area contributed by atoms with Gasteiger partial charge in [-0.15, -0.1) is 0 Å². The average Bonchev–Trinajstić information content (AvgIpc) is 2.72. The van der Waals surface area contributed by atoms with E-state index in [0.717, 1.165) is 9.87 Å². The molecule has 1 atom stereocenters. The minimum atomic E-state index is -3.73. The first kappa shape index (κ1) is 23.7. The van der Waals surface area contributed by atoms with Crippen LogP contribution in [0.15, 0.2) is 53.4 Å². The molecule has 0 saturated heterocycles. The number of rotatable bonds is 8. The second-order valence-corrected chi connectivity index (χ2v) is 8.52. The Morgan fingerprint density at radius 2 is 1.65 bits per heavy atom. The van der Waals surface area contributed by atoms with Gasteiger partial charge in [0.1, 0.15) is 5.75 Å². The maximum Gasteiger partial charge on any atom is 0.344 e. The lowest BCUT2D eigenvalue weighted by Crippen LogP contribution is -2.42. The average molecular weight is 449 g/mol. The highest BCUT2D eigenvalue weighted by Gasteiger charge is 2.22. The van der Waals surface area contributed by atoms with E-state index in [0.29, 0.717) is 5.69 Å². The second-order valence-electron chi connectivity index (χ2n) is 6.55. The molecule has 31 heavy (non-hydrogen) atoms. The molecule has 2 rings (SSSR count). The van der Waals surface area contributed by atoms with E-state index in [1.165, 1.54) is 50.4 Å². The summed E-state index contributed by atoms with van der Waals surface area (Å²) in [6.45, 7) is 2.64. The van der Waals surface area contributed by atoms with Crippen LogP contribution in [0.25, 0.3) is 0 Å². The number of anilines is 1. The van der Waals surface area contributed by atoms with Crippen molar-refractivity contribution in [3.8, 4) is 5.75 Å². The number of hydrogen-bond acceptors (Lipinski definition) is 7. The third kappa shape index (κ3) is 6.44. The van der Waals surface area contributed by atoms with Crippen LogP contribution in [-0.2, 0) is 24.3 Å². The van der Waals surface area contributed by atoms with E-state index >= 15 is 0 Å². The molecule has 0 saturated carbocycles. The van der Waals surface area contributed by atoms with Crippen LogP contribution in [0.2, 0.25) is 0 Å². The van der Waals surface area contributed by atoms with Gasteiger partial charge in [-0.2, -0.15) is 0 Å². The molecule has 3 amide bonds. The van der Waals surface area contributed by atoms with Gasteiger partial charge in [-0.3, -0.25) is 14.4 Å². The zero-order chi connectivity index (χ0) is 23.2. The van der Waals surface area contributed by atoms with Gasteiger partial charge in [0.25, 0.3) is 15.9 Å². The van der Waals surface area contributed by atoms with Crippen LogP contribution in [-0.4, -0.2) is 46.1 Å². The Kier molecular flexibility index (Phi) is 7.59. The van der Waals surface area contributed by atoms with Crippen molar-refractivity contribution >= 4 is 33.6 Å². The predicted octanol–water partition coefficient (Wildman–Crippen LogP) is 1.33. The van der Waals surface area contributed by atoms with Crippen LogP contribution in [0, 0.1) is 6.92 Å². The van der Waals surface area contributed by atoms with Crippen molar-refractivity contribution in [3.63, 3.8) is 0 Å². The van der Waals surface area contributed by atoms with E-state index in [1.54, 1.807) is 17.4 Å². The van der Waals surface area contributed by atoms with Crippen molar-refractivity contribution in [2.45, 2.75) is 24.8 Å². The monoisotopic (exact) mass is 449 g/mol. The van der Waals surface area contributed by atoms with Crippen molar-refractivity contribution < 1.29 is 32.3 Å². The van der Waals surface area contributed by atoms with Crippen molar-refractivity contribution in [2.24, 2.45) is 5.73 Å². The van der Waals surface area contributed by atoms with E-state index in [2.05, 4.69) is 0 Å². The molecule has 3 N–H and O–H groups in total. The fourth-order valence-electron chi connectivity index (χ4n) is 2.41. The van der Waals surface area contributed by atoms with Crippen LogP contribution in [0.4, 0.5) is 10.5 Å². The zero-order valence-electron chi connectivity index (χ0n) is 17.2. The molecule has 0 aliphatic heterocycles. The van der Waals surface area contributed by atoms with Gasteiger partial charge in [0.15, 0.2) is 12.7 Å². The Bertz CT molecular complexity index is 1050. The number of urea groups is 1. The molecular formula is C20H23N3O7S. The van der Waals surface area contributed by atoms with E-state index in [-0.39, 0.29) is 10.6 Å². The third-order valence-electron chi connectivity index (χ3n) is 4.16. The van der Waals surface area contributed by atoms with Crippen LogP contribution >= 0.6 is 0 Å². The summed E-state index contributed by atoms with van der Waals surface area (Å²) in [5.41, 5.74) is 6.16. The molecule has 11 heteroatoms. The SMILES string of the molecule is Cc1ccc(S(=O)(=O)N(C)c2ccc(OCC(=O)O[C@@H](C)C(=O)NC(N)=O)cc2)cc1. The first-order valence-corrected chi connectivity index (χ1v) is 10.5. The Hall–Kier alpha value is -3.60. The van der Waals surface area contributed by atoms with Gasteiger partial charge in [-0.25, -0.2) is 18.0 Å². The molecule has 0 heterocycles. The third-order valence-corrected chi connectivity index (χ3v) is 5.96. The lowest BCUT2D eigenvalue weighted by Gasteiger charge is -2.20. The highest BCUT2D eigenvalue weighted by molar-refractivity contribution is 7.92. The van der Waals surface area contributed by atoms with Gasteiger partial charge in [0, 0.05) is 7.05 Å². The Morgan fingerprint density at radius 1 is 1.06 bits per heavy atom. The van der Waals surface area contributed by atoms with Gasteiger partial charge >= 0.3 is 12.0 Å². The minimum Gasteiger partial charge on any atom is -0.482 e. The molecule has 0 spiro atoms. The number of nitrogens with zero attached hydrogens (tertiary/aromatic N) is 1. The number of nitrogens with one attached hydrogen (secondary N) is 1. The van der Waals surface area contributed by atoms with Crippen molar-refractivity contribution in [1.82, 2.24) is 5.32 Å². The van der Waals surface area contributed by atoms with Crippen LogP contribution in [0.5, 0.6) is 5.75 Å². The Morgan fingerprint density at radius 3 is 2.19 bits per heavy atom. The van der Waals surface area contributed by atoms with Crippen molar-refractivity contribution in [2.75, 3.05) is 18.0 Å². The molecule has 10 nitrogen and oxygen atoms in total. The number of primary amides is 1. The molecule has 166 valence electrons. The largest absolute Gasteiger partial charge is 0.482 e. The summed E-state index contributed by atoms with van der Waals surface area (Å²) in [6.07, 6.45) is -1.23. The van der Waals surface area contributed by atoms with E-state index < -0.39 is 40.6 Å². The van der Waals surface area contributed by atoms with Gasteiger partial charge in [0.05, 0.1) is 10.6 Å². The van der Waals surface area contributed by atoms with Gasteiger partial charge in [-0.05, 0) is 50.2 Å². The highest BCUT2D eigenvalue weighted by Crippen LogP contribution is 2.24. The first-order chi connectivity index (χ1) is 14.5. The number of carbonyl (C=O) groups is 3. The molecule has 0 bridgehead atoms. The molecule has 2 aromatic carbocycles. The first-order valence-electron chi connectivity index (χ1n) is 9.09. The molecule has 2 aromatic rings. The maximum atomic E-state index is 12.7. The number of benzene rings is 2. The zero-order valence-corrected chi connectivity index (χ0v) is 18.0. The van der Waals surface area contributed by atoms with Crippen molar-refractivity contribution in [3.05, 3.63) is 54.1 Å².